The molecule has 1 aromatic heterocycles. The van der Waals surface area contributed by atoms with Crippen LogP contribution in [0.5, 0.6) is 0 Å². The second-order valence-corrected chi connectivity index (χ2v) is 13.3. The third-order valence-corrected chi connectivity index (χ3v) is 10.7. The molecule has 4 heterocycles. The molecule has 10 nitrogen and oxygen atoms in total. The Morgan fingerprint density at radius 1 is 1.03 bits per heavy atom. The molecule has 0 aliphatic carbocycles. The summed E-state index contributed by atoms with van der Waals surface area (Å²) in [5.41, 5.74) is 9.94. The van der Waals surface area contributed by atoms with Gasteiger partial charge in [0.15, 0.2) is 9.84 Å². The Labute approximate surface area is 228 Å². The lowest BCUT2D eigenvalue weighted by molar-refractivity contribution is -0.134. The smallest absolute Gasteiger partial charge is 0.235 e. The quantitative estimate of drug-likeness (QED) is 0.352. The first kappa shape index (κ1) is 25.8. The van der Waals surface area contributed by atoms with Crippen LogP contribution >= 0.6 is 0 Å². The zero-order valence-corrected chi connectivity index (χ0v) is 22.9. The van der Waals surface area contributed by atoms with Crippen molar-refractivity contribution in [2.24, 2.45) is 7.05 Å². The number of imide groups is 1. The van der Waals surface area contributed by atoms with Gasteiger partial charge in [-0.15, -0.1) is 0 Å². The van der Waals surface area contributed by atoms with Crippen molar-refractivity contribution in [2.75, 3.05) is 36.8 Å². The number of nitrogens with two attached hydrogens (primary N) is 1. The van der Waals surface area contributed by atoms with E-state index in [2.05, 4.69) is 32.3 Å². The van der Waals surface area contributed by atoms with Gasteiger partial charge in [0.25, 0.3) is 0 Å². The highest BCUT2D eigenvalue weighted by Gasteiger charge is 2.37. The van der Waals surface area contributed by atoms with Gasteiger partial charge in [0.1, 0.15) is 0 Å². The third-order valence-electron chi connectivity index (χ3n) is 8.51. The number of amides is 2. The highest BCUT2D eigenvalue weighted by atomic mass is 32.2. The Morgan fingerprint density at radius 3 is 2.44 bits per heavy atom. The lowest BCUT2D eigenvalue weighted by Crippen LogP contribution is -2.61. The van der Waals surface area contributed by atoms with E-state index in [4.69, 9.17) is 5.73 Å². The Bertz CT molecular complexity index is 1520. The van der Waals surface area contributed by atoms with Crippen molar-refractivity contribution in [3.63, 3.8) is 0 Å². The average Bonchev–Trinajstić information content (AvgIpc) is 3.20. The fraction of sp³-hybridized carbons (Fsp3) is 0.464. The highest BCUT2D eigenvalue weighted by molar-refractivity contribution is 7.91. The van der Waals surface area contributed by atoms with Crippen molar-refractivity contribution in [3.05, 3.63) is 53.7 Å². The molecule has 3 aliphatic rings. The van der Waals surface area contributed by atoms with Crippen LogP contribution in [0.15, 0.2) is 42.5 Å². The van der Waals surface area contributed by atoms with E-state index in [0.29, 0.717) is 37.4 Å². The van der Waals surface area contributed by atoms with Crippen LogP contribution in [0.4, 0.5) is 11.4 Å². The van der Waals surface area contributed by atoms with E-state index in [1.807, 2.05) is 17.8 Å². The van der Waals surface area contributed by atoms with E-state index in [-0.39, 0.29) is 22.8 Å². The standard InChI is InChI=1S/C28H34N6O4S/c1-32-25-14-20(6-7-23(25)27(31-32)24-8-9-26(35)30-28(24)36)34-15-21(16-34)33-12-10-22(11-13-33)39(37,38)17-18-2-4-19(29)5-3-18/h2-7,14,21-22,24H,8-13,15-17,29H2,1H3,(H,30,35,36). The summed E-state index contributed by atoms with van der Waals surface area (Å²) in [7, 11) is -1.33. The number of carbonyl (C=O) groups excluding carboxylic acids is 2. The second-order valence-electron chi connectivity index (χ2n) is 11.1. The van der Waals surface area contributed by atoms with E-state index in [0.717, 1.165) is 54.0 Å². The van der Waals surface area contributed by atoms with Gasteiger partial charge in [-0.25, -0.2) is 8.42 Å². The second kappa shape index (κ2) is 9.95. The molecule has 3 N–H and O–H groups in total. The summed E-state index contributed by atoms with van der Waals surface area (Å²) < 4.78 is 27.8. The number of nitrogens with one attached hydrogen (secondary N) is 1. The summed E-state index contributed by atoms with van der Waals surface area (Å²) in [4.78, 5) is 28.7. The lowest BCUT2D eigenvalue weighted by Gasteiger charge is -2.48. The summed E-state index contributed by atoms with van der Waals surface area (Å²) >= 11 is 0. The molecule has 3 fully saturated rings. The normalized spacial score (nSPS) is 21.8. The maximum absolute atomic E-state index is 13.0. The first-order valence-corrected chi connectivity index (χ1v) is 15.2. The number of fused-ring (bicyclic) bond motifs is 1. The van der Waals surface area contributed by atoms with Crippen LogP contribution < -0.4 is 16.0 Å². The number of benzene rings is 2. The van der Waals surface area contributed by atoms with Gasteiger partial charge < -0.3 is 10.6 Å². The molecule has 6 rings (SSSR count). The predicted octanol–water partition coefficient (Wildman–Crippen LogP) is 1.94. The molecule has 206 valence electrons. The van der Waals surface area contributed by atoms with Gasteiger partial charge in [-0.1, -0.05) is 12.1 Å². The molecule has 3 saturated heterocycles. The van der Waals surface area contributed by atoms with Crippen molar-refractivity contribution in [3.8, 4) is 0 Å². The molecule has 0 spiro atoms. The Balaban J connectivity index is 1.06. The van der Waals surface area contributed by atoms with Gasteiger partial charge in [-0.05, 0) is 68.2 Å². The van der Waals surface area contributed by atoms with Crippen LogP contribution in [0.2, 0.25) is 0 Å². The molecule has 3 aliphatic heterocycles. The zero-order chi connectivity index (χ0) is 27.3. The number of hydrogen-bond acceptors (Lipinski definition) is 8. The molecule has 11 heteroatoms. The van der Waals surface area contributed by atoms with Gasteiger partial charge in [-0.3, -0.25) is 24.5 Å². The molecule has 0 saturated carbocycles. The van der Waals surface area contributed by atoms with Crippen LogP contribution in [0.25, 0.3) is 10.9 Å². The fourth-order valence-electron chi connectivity index (χ4n) is 6.14. The van der Waals surface area contributed by atoms with E-state index in [1.54, 1.807) is 24.3 Å². The van der Waals surface area contributed by atoms with Crippen molar-refractivity contribution in [2.45, 2.75) is 48.6 Å². The maximum Gasteiger partial charge on any atom is 0.235 e. The molecular formula is C28H34N6O4S. The first-order chi connectivity index (χ1) is 18.7. The number of aromatic nitrogens is 2. The van der Waals surface area contributed by atoms with Crippen molar-refractivity contribution >= 4 is 43.9 Å². The molecular weight excluding hydrogens is 516 g/mol. The number of carbonyl (C=O) groups is 2. The summed E-state index contributed by atoms with van der Waals surface area (Å²) in [5.74, 6) is -0.849. The maximum atomic E-state index is 13.0. The minimum Gasteiger partial charge on any atom is -0.399 e. The number of nitrogen functional groups attached to an aromatic ring is 1. The average molecular weight is 551 g/mol. The number of sulfone groups is 1. The molecule has 2 amide bonds. The first-order valence-electron chi connectivity index (χ1n) is 13.5. The summed E-state index contributed by atoms with van der Waals surface area (Å²) in [6.07, 6.45) is 2.13. The Morgan fingerprint density at radius 2 is 1.74 bits per heavy atom. The summed E-state index contributed by atoms with van der Waals surface area (Å²) in [5, 5.41) is 7.72. The van der Waals surface area contributed by atoms with E-state index in [1.165, 1.54) is 0 Å². The molecule has 2 aromatic carbocycles. The number of rotatable bonds is 6. The van der Waals surface area contributed by atoms with Crippen LogP contribution in [0.3, 0.4) is 0 Å². The number of nitrogens with zero attached hydrogens (tertiary/aromatic N) is 4. The molecule has 39 heavy (non-hydrogen) atoms. The summed E-state index contributed by atoms with van der Waals surface area (Å²) in [6.45, 7) is 3.37. The highest BCUT2D eigenvalue weighted by Crippen LogP contribution is 2.34. The topological polar surface area (TPSA) is 131 Å². The van der Waals surface area contributed by atoms with Crippen molar-refractivity contribution in [1.82, 2.24) is 20.0 Å². The van der Waals surface area contributed by atoms with Gasteiger partial charge in [0.05, 0.1) is 28.1 Å². The van der Waals surface area contributed by atoms with Crippen molar-refractivity contribution in [1.29, 1.82) is 0 Å². The Hall–Kier alpha value is -3.44. The van der Waals surface area contributed by atoms with Gasteiger partial charge in [0.2, 0.25) is 11.8 Å². The van der Waals surface area contributed by atoms with E-state index < -0.39 is 15.8 Å². The fourth-order valence-corrected chi connectivity index (χ4v) is 7.97. The minimum absolute atomic E-state index is 0.0664. The monoisotopic (exact) mass is 550 g/mol. The van der Waals surface area contributed by atoms with Gasteiger partial charge in [-0.2, -0.15) is 5.10 Å². The largest absolute Gasteiger partial charge is 0.399 e. The number of hydrogen-bond donors (Lipinski definition) is 2. The third kappa shape index (κ3) is 5.00. The Kier molecular flexibility index (Phi) is 6.58. The van der Waals surface area contributed by atoms with Crippen molar-refractivity contribution < 1.29 is 18.0 Å². The SMILES string of the molecule is Cn1nc(C2CCC(=O)NC2=O)c2ccc(N3CC(N4CCC(S(=O)(=O)Cc5ccc(N)cc5)CC4)C3)cc21. The molecule has 0 bridgehead atoms. The van der Waals surface area contributed by atoms with Crippen LogP contribution in [0.1, 0.15) is 42.9 Å². The molecule has 1 atom stereocenters. The molecule has 3 aromatic rings. The van der Waals surface area contributed by atoms with Crippen LogP contribution in [-0.4, -0.2) is 72.4 Å². The number of aryl methyl sites for hydroxylation is 1. The number of piperidine rings is 2. The van der Waals surface area contributed by atoms with Crippen LogP contribution in [0, 0.1) is 0 Å². The van der Waals surface area contributed by atoms with E-state index >= 15 is 0 Å². The molecule has 1 unspecified atom stereocenters. The lowest BCUT2D eigenvalue weighted by atomic mass is 9.92. The predicted molar refractivity (Wildman–Crippen MR) is 150 cm³/mol. The molecule has 0 radical (unpaired) electrons. The van der Waals surface area contributed by atoms with Gasteiger partial charge in [0, 0.05) is 49.4 Å². The number of likely N-dealkylation sites (tertiary alicyclic amines) is 1. The van der Waals surface area contributed by atoms with Gasteiger partial charge >= 0.3 is 0 Å². The zero-order valence-electron chi connectivity index (χ0n) is 22.0. The van der Waals surface area contributed by atoms with Crippen LogP contribution in [-0.2, 0) is 32.2 Å². The minimum atomic E-state index is -3.21. The number of anilines is 2. The summed E-state index contributed by atoms with van der Waals surface area (Å²) in [6, 6.07) is 13.7. The van der Waals surface area contributed by atoms with E-state index in [9.17, 15) is 18.0 Å².